The second kappa shape index (κ2) is 8.49. The number of hydrogen-bond donors (Lipinski definition) is 2. The molecule has 0 amide bonds. The van der Waals surface area contributed by atoms with E-state index in [0.717, 1.165) is 23.5 Å². The summed E-state index contributed by atoms with van der Waals surface area (Å²) in [5.74, 6) is 0.721. The van der Waals surface area contributed by atoms with E-state index in [1.165, 1.54) is 49.8 Å². The molecule has 27 heavy (non-hydrogen) atoms. The lowest BCUT2D eigenvalue weighted by atomic mass is 9.94. The minimum Gasteiger partial charge on any atom is -0.347 e. The fourth-order valence-electron chi connectivity index (χ4n) is 3.92. The predicted molar refractivity (Wildman–Crippen MR) is 107 cm³/mol. The fraction of sp³-hybridized carbons (Fsp3) is 0.348. The second-order valence-electron chi connectivity index (χ2n) is 7.42. The molecule has 4 rings (SSSR count). The zero-order chi connectivity index (χ0) is 18.5. The van der Waals surface area contributed by atoms with Gasteiger partial charge in [-0.2, -0.15) is 0 Å². The number of rotatable bonds is 6. The summed E-state index contributed by atoms with van der Waals surface area (Å²) in [5, 5.41) is 3.84. The number of halogens is 1. The molecule has 1 atom stereocenters. The summed E-state index contributed by atoms with van der Waals surface area (Å²) in [6, 6.07) is 17.7. The first-order chi connectivity index (χ1) is 13.3. The van der Waals surface area contributed by atoms with Crippen molar-refractivity contribution in [3.8, 4) is 11.3 Å². The smallest absolute Gasteiger partial charge is 0.124 e. The highest BCUT2D eigenvalue weighted by molar-refractivity contribution is 5.58. The van der Waals surface area contributed by atoms with E-state index in [1.54, 1.807) is 12.1 Å². The number of benzene rings is 2. The molecule has 1 aromatic heterocycles. The highest BCUT2D eigenvalue weighted by Gasteiger charge is 2.22. The van der Waals surface area contributed by atoms with Crippen molar-refractivity contribution >= 4 is 0 Å². The van der Waals surface area contributed by atoms with Gasteiger partial charge in [0.1, 0.15) is 11.6 Å². The molecule has 3 aromatic rings. The van der Waals surface area contributed by atoms with Crippen LogP contribution >= 0.6 is 0 Å². The van der Waals surface area contributed by atoms with E-state index in [1.807, 2.05) is 12.3 Å². The Labute approximate surface area is 160 Å². The normalized spacial score (nSPS) is 16.3. The minimum absolute atomic E-state index is 0.143. The van der Waals surface area contributed by atoms with E-state index in [2.05, 4.69) is 34.6 Å². The summed E-state index contributed by atoms with van der Waals surface area (Å²) in [5.41, 5.74) is 3.08. The van der Waals surface area contributed by atoms with Gasteiger partial charge in [-0.05, 0) is 49.1 Å². The molecule has 1 fully saturated rings. The molecule has 0 aliphatic heterocycles. The molecule has 1 aliphatic rings. The Morgan fingerprint density at radius 1 is 1.00 bits per heavy atom. The minimum atomic E-state index is -0.226. The molecule has 0 bridgehead atoms. The van der Waals surface area contributed by atoms with Crippen molar-refractivity contribution in [2.45, 2.75) is 50.6 Å². The molecule has 2 N–H and O–H groups in total. The van der Waals surface area contributed by atoms with Crippen LogP contribution in [0.2, 0.25) is 0 Å². The standard InChI is InChI=1S/C23H26FN3/c24-19-13-11-18(12-14-19)22-16-25-23(27-22)21(15-17-7-3-1-4-8-17)26-20-9-5-2-6-10-20/h1,3-4,7-8,11-14,16,20-21,26H,2,5-6,9-10,15H2,(H,25,27)/t21-/m1/s1. The van der Waals surface area contributed by atoms with Crippen molar-refractivity contribution in [1.82, 2.24) is 15.3 Å². The van der Waals surface area contributed by atoms with E-state index >= 15 is 0 Å². The van der Waals surface area contributed by atoms with E-state index in [9.17, 15) is 4.39 Å². The number of aromatic amines is 1. The summed E-state index contributed by atoms with van der Waals surface area (Å²) in [7, 11) is 0. The zero-order valence-electron chi connectivity index (χ0n) is 15.5. The summed E-state index contributed by atoms with van der Waals surface area (Å²) >= 11 is 0. The van der Waals surface area contributed by atoms with Crippen molar-refractivity contribution in [1.29, 1.82) is 0 Å². The van der Waals surface area contributed by atoms with Crippen LogP contribution in [0.15, 0.2) is 60.8 Å². The Morgan fingerprint density at radius 3 is 2.48 bits per heavy atom. The van der Waals surface area contributed by atoms with Crippen LogP contribution in [0, 0.1) is 5.82 Å². The van der Waals surface area contributed by atoms with Crippen LogP contribution in [-0.4, -0.2) is 16.0 Å². The molecule has 1 saturated carbocycles. The number of nitrogens with one attached hydrogen (secondary N) is 2. The Morgan fingerprint density at radius 2 is 1.74 bits per heavy atom. The summed E-state index contributed by atoms with van der Waals surface area (Å²) in [4.78, 5) is 8.19. The van der Waals surface area contributed by atoms with Gasteiger partial charge in [0, 0.05) is 17.8 Å². The van der Waals surface area contributed by atoms with Gasteiger partial charge in [-0.15, -0.1) is 0 Å². The third-order valence-corrected chi connectivity index (χ3v) is 5.39. The lowest BCUT2D eigenvalue weighted by Crippen LogP contribution is -2.36. The van der Waals surface area contributed by atoms with Crippen LogP contribution in [0.4, 0.5) is 4.39 Å². The van der Waals surface area contributed by atoms with Gasteiger partial charge in [-0.25, -0.2) is 9.37 Å². The molecule has 1 heterocycles. The van der Waals surface area contributed by atoms with Crippen molar-refractivity contribution in [3.05, 3.63) is 78.0 Å². The molecule has 0 radical (unpaired) electrons. The quantitative estimate of drug-likeness (QED) is 0.614. The molecule has 0 spiro atoms. The molecule has 0 unspecified atom stereocenters. The van der Waals surface area contributed by atoms with Crippen molar-refractivity contribution in [2.24, 2.45) is 0 Å². The van der Waals surface area contributed by atoms with Crippen LogP contribution in [0.1, 0.15) is 49.5 Å². The van der Waals surface area contributed by atoms with Crippen LogP contribution in [0.5, 0.6) is 0 Å². The first-order valence-corrected chi connectivity index (χ1v) is 9.89. The third kappa shape index (κ3) is 4.64. The average Bonchev–Trinajstić information content (AvgIpc) is 3.20. The Balaban J connectivity index is 1.56. The number of aromatic nitrogens is 2. The number of imidazole rings is 1. The van der Waals surface area contributed by atoms with Gasteiger partial charge in [-0.1, -0.05) is 49.6 Å². The molecular formula is C23H26FN3. The number of nitrogens with zero attached hydrogens (tertiary/aromatic N) is 1. The summed E-state index contributed by atoms with van der Waals surface area (Å²) < 4.78 is 13.2. The topological polar surface area (TPSA) is 40.7 Å². The molecular weight excluding hydrogens is 337 g/mol. The molecule has 140 valence electrons. The van der Waals surface area contributed by atoms with Crippen LogP contribution in [0.3, 0.4) is 0 Å². The SMILES string of the molecule is Fc1ccc(-c2c[nH]c([C@@H](Cc3ccccc3)NC3CCCCC3)n2)cc1. The van der Waals surface area contributed by atoms with Crippen LogP contribution in [0.25, 0.3) is 11.3 Å². The summed E-state index contributed by atoms with van der Waals surface area (Å²) in [6.45, 7) is 0. The maximum Gasteiger partial charge on any atom is 0.124 e. The van der Waals surface area contributed by atoms with Gasteiger partial charge in [0.15, 0.2) is 0 Å². The highest BCUT2D eigenvalue weighted by Crippen LogP contribution is 2.25. The summed E-state index contributed by atoms with van der Waals surface area (Å²) in [6.07, 6.45) is 9.23. The fourth-order valence-corrected chi connectivity index (χ4v) is 3.92. The molecule has 2 aromatic carbocycles. The van der Waals surface area contributed by atoms with Crippen molar-refractivity contribution in [2.75, 3.05) is 0 Å². The Kier molecular flexibility index (Phi) is 5.64. The highest BCUT2D eigenvalue weighted by atomic mass is 19.1. The van der Waals surface area contributed by atoms with E-state index in [-0.39, 0.29) is 11.9 Å². The average molecular weight is 363 g/mol. The Bertz CT molecular complexity index is 836. The van der Waals surface area contributed by atoms with Crippen molar-refractivity contribution in [3.63, 3.8) is 0 Å². The molecule has 3 nitrogen and oxygen atoms in total. The number of H-pyrrole nitrogens is 1. The monoisotopic (exact) mass is 363 g/mol. The zero-order valence-corrected chi connectivity index (χ0v) is 15.5. The third-order valence-electron chi connectivity index (χ3n) is 5.39. The predicted octanol–water partition coefficient (Wildman–Crippen LogP) is 5.42. The van der Waals surface area contributed by atoms with Gasteiger partial charge in [-0.3, -0.25) is 0 Å². The molecule has 0 saturated heterocycles. The second-order valence-corrected chi connectivity index (χ2v) is 7.42. The maximum absolute atomic E-state index is 13.2. The molecule has 4 heteroatoms. The van der Waals surface area contributed by atoms with Gasteiger partial charge in [0.2, 0.25) is 0 Å². The van der Waals surface area contributed by atoms with E-state index in [0.29, 0.717) is 6.04 Å². The first kappa shape index (κ1) is 17.9. The first-order valence-electron chi connectivity index (χ1n) is 9.89. The van der Waals surface area contributed by atoms with Gasteiger partial charge >= 0.3 is 0 Å². The van der Waals surface area contributed by atoms with Gasteiger partial charge < -0.3 is 10.3 Å². The lowest BCUT2D eigenvalue weighted by molar-refractivity contribution is 0.332. The lowest BCUT2D eigenvalue weighted by Gasteiger charge is -2.27. The van der Waals surface area contributed by atoms with Gasteiger partial charge in [0.25, 0.3) is 0 Å². The largest absolute Gasteiger partial charge is 0.347 e. The number of hydrogen-bond acceptors (Lipinski definition) is 2. The van der Waals surface area contributed by atoms with Crippen LogP contribution in [-0.2, 0) is 6.42 Å². The van der Waals surface area contributed by atoms with Crippen molar-refractivity contribution < 1.29 is 4.39 Å². The van der Waals surface area contributed by atoms with E-state index in [4.69, 9.17) is 4.98 Å². The van der Waals surface area contributed by atoms with E-state index < -0.39 is 0 Å². The maximum atomic E-state index is 13.2. The van der Waals surface area contributed by atoms with Gasteiger partial charge in [0.05, 0.1) is 11.7 Å². The Hall–Kier alpha value is -2.46. The van der Waals surface area contributed by atoms with Crippen LogP contribution < -0.4 is 5.32 Å². The molecule has 1 aliphatic carbocycles.